The first-order valence-corrected chi connectivity index (χ1v) is 15.0. The highest BCUT2D eigenvalue weighted by molar-refractivity contribution is 6.60. The van der Waals surface area contributed by atoms with E-state index in [2.05, 4.69) is 6.92 Å². The van der Waals surface area contributed by atoms with Gasteiger partial charge in [0.2, 0.25) is 0 Å². The fourth-order valence-corrected chi connectivity index (χ4v) is 6.02. The number of hydrogen-bond acceptors (Lipinski definition) is 4. The fourth-order valence-electron chi connectivity index (χ4n) is 4.23. The van der Waals surface area contributed by atoms with Gasteiger partial charge in [-0.3, -0.25) is 0 Å². The second-order valence-electron chi connectivity index (χ2n) is 9.04. The van der Waals surface area contributed by atoms with Crippen molar-refractivity contribution in [1.29, 1.82) is 0 Å². The Bertz CT molecular complexity index is 332. The molecule has 0 rings (SSSR count). The molecule has 1 atom stereocenters. The molecule has 4 nitrogen and oxygen atoms in total. The Morgan fingerprint density at radius 2 is 0.867 bits per heavy atom. The van der Waals surface area contributed by atoms with Gasteiger partial charge in [0, 0.05) is 33.4 Å². The Labute approximate surface area is 190 Å². The maximum Gasteiger partial charge on any atom is 0.500 e. The predicted octanol–water partition coefficient (Wildman–Crippen LogP) is 7.62. The van der Waals surface area contributed by atoms with E-state index >= 15 is 0 Å². The summed E-state index contributed by atoms with van der Waals surface area (Å²) in [5, 5.41) is 0. The molecule has 0 aromatic rings. The van der Waals surface area contributed by atoms with Gasteiger partial charge in [0.05, 0.1) is 0 Å². The van der Waals surface area contributed by atoms with E-state index in [1.807, 2.05) is 0 Å². The Morgan fingerprint density at radius 3 is 1.23 bits per heavy atom. The van der Waals surface area contributed by atoms with Crippen molar-refractivity contribution >= 4 is 8.80 Å². The van der Waals surface area contributed by atoms with Crippen LogP contribution in [0.3, 0.4) is 0 Å². The molecule has 0 heterocycles. The highest BCUT2D eigenvalue weighted by Gasteiger charge is 2.36. The van der Waals surface area contributed by atoms with Crippen LogP contribution in [0.15, 0.2) is 0 Å². The zero-order valence-corrected chi connectivity index (χ0v) is 22.0. The van der Waals surface area contributed by atoms with Crippen molar-refractivity contribution in [2.24, 2.45) is 5.73 Å². The van der Waals surface area contributed by atoms with Crippen molar-refractivity contribution in [3.05, 3.63) is 0 Å². The second-order valence-corrected chi connectivity index (χ2v) is 12.1. The molecule has 0 saturated heterocycles. The topological polar surface area (TPSA) is 53.7 Å². The van der Waals surface area contributed by atoms with E-state index in [1.54, 1.807) is 21.3 Å². The summed E-state index contributed by atoms with van der Waals surface area (Å²) in [4.78, 5) is 0. The van der Waals surface area contributed by atoms with E-state index in [-0.39, 0.29) is 0 Å². The van der Waals surface area contributed by atoms with E-state index in [1.165, 1.54) is 103 Å². The molecule has 0 aliphatic rings. The van der Waals surface area contributed by atoms with Gasteiger partial charge >= 0.3 is 8.80 Å². The van der Waals surface area contributed by atoms with Crippen molar-refractivity contribution in [2.75, 3.05) is 21.3 Å². The van der Waals surface area contributed by atoms with Crippen LogP contribution in [0.25, 0.3) is 0 Å². The molecule has 0 bridgehead atoms. The van der Waals surface area contributed by atoms with Crippen molar-refractivity contribution in [1.82, 2.24) is 0 Å². The third-order valence-corrected chi connectivity index (χ3v) is 9.25. The van der Waals surface area contributed by atoms with Crippen molar-refractivity contribution in [3.8, 4) is 0 Å². The minimum absolute atomic E-state index is 0.343. The highest BCUT2D eigenvalue weighted by atomic mass is 28.4. The Balaban J connectivity index is 3.33. The third-order valence-electron chi connectivity index (χ3n) is 6.42. The molecule has 2 N–H and O–H groups in total. The summed E-state index contributed by atoms with van der Waals surface area (Å²) in [5.74, 6) is 0. The molecule has 0 radical (unpaired) electrons. The quantitative estimate of drug-likeness (QED) is 0.123. The lowest BCUT2D eigenvalue weighted by molar-refractivity contribution is 0.122. The van der Waals surface area contributed by atoms with Crippen molar-refractivity contribution in [2.45, 2.75) is 141 Å². The summed E-state index contributed by atoms with van der Waals surface area (Å²) in [6.45, 7) is 2.29. The normalized spacial score (nSPS) is 13.1. The van der Waals surface area contributed by atoms with Crippen LogP contribution in [0.2, 0.25) is 6.04 Å². The second kappa shape index (κ2) is 22.3. The largest absolute Gasteiger partial charge is 0.500 e. The molecule has 0 amide bonds. The Kier molecular flexibility index (Phi) is 22.3. The van der Waals surface area contributed by atoms with Crippen LogP contribution < -0.4 is 5.73 Å². The van der Waals surface area contributed by atoms with Crippen LogP contribution in [0, 0.1) is 0 Å². The molecule has 0 saturated carbocycles. The van der Waals surface area contributed by atoms with Gasteiger partial charge in [0.1, 0.15) is 0 Å². The average Bonchev–Trinajstić information content (AvgIpc) is 2.77. The Morgan fingerprint density at radius 1 is 0.533 bits per heavy atom. The number of rotatable bonds is 24. The molecule has 1 unspecified atom stereocenters. The van der Waals surface area contributed by atoms with E-state index < -0.39 is 8.80 Å². The van der Waals surface area contributed by atoms with E-state index in [0.29, 0.717) is 6.04 Å². The summed E-state index contributed by atoms with van der Waals surface area (Å²) in [6, 6.07) is 1.22. The minimum atomic E-state index is -2.39. The first kappa shape index (κ1) is 30.1. The van der Waals surface area contributed by atoms with E-state index in [0.717, 1.165) is 25.3 Å². The minimum Gasteiger partial charge on any atom is -0.377 e. The molecule has 182 valence electrons. The maximum atomic E-state index is 6.29. The van der Waals surface area contributed by atoms with E-state index in [9.17, 15) is 0 Å². The van der Waals surface area contributed by atoms with Gasteiger partial charge in [-0.15, -0.1) is 0 Å². The van der Waals surface area contributed by atoms with Gasteiger partial charge in [-0.25, -0.2) is 0 Å². The standard InChI is InChI=1S/C25H55NO3Si/c1-5-6-7-8-9-10-11-12-13-14-15-16-17-18-19-22-25(26)23-20-21-24-30(27-2,28-3)29-4/h25H,5-24,26H2,1-4H3. The molecule has 0 aliphatic carbocycles. The van der Waals surface area contributed by atoms with Crippen LogP contribution >= 0.6 is 0 Å². The van der Waals surface area contributed by atoms with Gasteiger partial charge in [-0.1, -0.05) is 110 Å². The highest BCUT2D eigenvalue weighted by Crippen LogP contribution is 2.19. The lowest BCUT2D eigenvalue weighted by atomic mass is 10.0. The van der Waals surface area contributed by atoms with Gasteiger partial charge < -0.3 is 19.0 Å². The number of unbranched alkanes of at least 4 members (excludes halogenated alkanes) is 15. The maximum absolute atomic E-state index is 6.29. The molecular formula is C25H55NO3Si. The molecule has 30 heavy (non-hydrogen) atoms. The van der Waals surface area contributed by atoms with Crippen LogP contribution in [0.1, 0.15) is 129 Å². The molecular weight excluding hydrogens is 390 g/mol. The number of nitrogens with two attached hydrogens (primary N) is 1. The predicted molar refractivity (Wildman–Crippen MR) is 133 cm³/mol. The number of hydrogen-bond donors (Lipinski definition) is 1. The van der Waals surface area contributed by atoms with Crippen LogP contribution in [-0.4, -0.2) is 36.2 Å². The summed E-state index contributed by atoms with van der Waals surface area (Å²) >= 11 is 0. The first-order chi connectivity index (χ1) is 14.6. The molecule has 0 aromatic heterocycles. The average molecular weight is 446 g/mol. The zero-order valence-electron chi connectivity index (χ0n) is 21.0. The van der Waals surface area contributed by atoms with E-state index in [4.69, 9.17) is 19.0 Å². The molecule has 0 aromatic carbocycles. The monoisotopic (exact) mass is 445 g/mol. The third kappa shape index (κ3) is 17.7. The van der Waals surface area contributed by atoms with Gasteiger partial charge in [0.25, 0.3) is 0 Å². The van der Waals surface area contributed by atoms with Gasteiger partial charge in [0.15, 0.2) is 0 Å². The molecule has 0 aliphatic heterocycles. The lowest BCUT2D eigenvalue weighted by Gasteiger charge is -2.24. The van der Waals surface area contributed by atoms with Gasteiger partial charge in [-0.2, -0.15) is 0 Å². The van der Waals surface area contributed by atoms with Crippen LogP contribution in [0.5, 0.6) is 0 Å². The van der Waals surface area contributed by atoms with Crippen LogP contribution in [0.4, 0.5) is 0 Å². The molecule has 5 heteroatoms. The lowest BCUT2D eigenvalue weighted by Crippen LogP contribution is -2.42. The van der Waals surface area contributed by atoms with Crippen LogP contribution in [-0.2, 0) is 13.3 Å². The summed E-state index contributed by atoms with van der Waals surface area (Å²) in [7, 11) is 2.65. The Hall–Kier alpha value is 0.0569. The van der Waals surface area contributed by atoms with Crippen molar-refractivity contribution < 1.29 is 13.3 Å². The first-order valence-electron chi connectivity index (χ1n) is 13.0. The summed E-state index contributed by atoms with van der Waals surface area (Å²) < 4.78 is 16.4. The molecule has 0 fully saturated rings. The fraction of sp³-hybridized carbons (Fsp3) is 1.00. The zero-order chi connectivity index (χ0) is 22.3. The summed E-state index contributed by atoms with van der Waals surface area (Å²) in [6.07, 6.45) is 25.7. The smallest absolute Gasteiger partial charge is 0.377 e. The SMILES string of the molecule is CCCCCCCCCCCCCCCCCC(N)CCCC[Si](OC)(OC)OC. The van der Waals surface area contributed by atoms with Crippen molar-refractivity contribution in [3.63, 3.8) is 0 Å². The van der Waals surface area contributed by atoms with Gasteiger partial charge in [-0.05, 0) is 19.3 Å². The molecule has 0 spiro atoms. The summed E-state index contributed by atoms with van der Waals surface area (Å²) in [5.41, 5.74) is 6.29.